The maximum Gasteiger partial charge on any atom is 0.309 e. The number of H-pyrrole nitrogens is 1. The highest BCUT2D eigenvalue weighted by Crippen LogP contribution is 2.17. The molecule has 0 spiro atoms. The van der Waals surface area contributed by atoms with Crippen molar-refractivity contribution >= 4 is 29.5 Å². The number of aromatic nitrogens is 1. The summed E-state index contributed by atoms with van der Waals surface area (Å²) in [6.45, 7) is 7.49. The zero-order valence-electron chi connectivity index (χ0n) is 9.99. The number of thiazole rings is 1. The molecule has 0 radical (unpaired) electrons. The van der Waals surface area contributed by atoms with Crippen LogP contribution in [-0.2, 0) is 16.0 Å². The first kappa shape index (κ1) is 13.4. The van der Waals surface area contributed by atoms with Crippen molar-refractivity contribution < 1.29 is 9.53 Å². The smallest absolute Gasteiger partial charge is 0.309 e. The largest absolute Gasteiger partial charge is 0.460 e. The highest BCUT2D eigenvalue weighted by atomic mass is 32.1. The van der Waals surface area contributed by atoms with Crippen molar-refractivity contribution in [1.29, 1.82) is 0 Å². The van der Waals surface area contributed by atoms with E-state index in [-0.39, 0.29) is 11.9 Å². The molecule has 16 heavy (non-hydrogen) atoms. The molecule has 0 aliphatic rings. The zero-order valence-corrected chi connectivity index (χ0v) is 11.6. The van der Waals surface area contributed by atoms with Gasteiger partial charge in [0.1, 0.15) is 5.60 Å². The number of hydrogen-bond acceptors (Lipinski definition) is 4. The van der Waals surface area contributed by atoms with Gasteiger partial charge < -0.3 is 9.72 Å². The lowest BCUT2D eigenvalue weighted by atomic mass is 10.1. The Morgan fingerprint density at radius 2 is 2.25 bits per heavy atom. The van der Waals surface area contributed by atoms with E-state index in [2.05, 4.69) is 4.98 Å². The Bertz CT molecular complexity index is 414. The van der Waals surface area contributed by atoms with Crippen molar-refractivity contribution in [2.45, 2.75) is 39.7 Å². The van der Waals surface area contributed by atoms with Crippen molar-refractivity contribution in [3.8, 4) is 0 Å². The van der Waals surface area contributed by atoms with Gasteiger partial charge in [0, 0.05) is 11.1 Å². The summed E-state index contributed by atoms with van der Waals surface area (Å²) in [5.74, 6) is -0.299. The van der Waals surface area contributed by atoms with Gasteiger partial charge in [-0.2, -0.15) is 0 Å². The summed E-state index contributed by atoms with van der Waals surface area (Å²) >= 11 is 6.49. The van der Waals surface area contributed by atoms with Gasteiger partial charge in [-0.25, -0.2) is 0 Å². The number of aromatic amines is 1. The molecule has 90 valence electrons. The fourth-order valence-electron chi connectivity index (χ4n) is 1.21. The maximum absolute atomic E-state index is 11.7. The zero-order chi connectivity index (χ0) is 12.3. The molecule has 1 heterocycles. The van der Waals surface area contributed by atoms with Crippen LogP contribution < -0.4 is 0 Å². The van der Waals surface area contributed by atoms with Crippen molar-refractivity contribution in [2.24, 2.45) is 5.92 Å². The first-order valence-corrected chi connectivity index (χ1v) is 6.40. The standard InChI is InChI=1S/C11H17NO2S2/c1-7(9(13)14-11(2,3)4)5-8-6-12-10(15)16-8/h6-7H,5H2,1-4H3,(H,12,15). The van der Waals surface area contributed by atoms with Gasteiger partial charge in [0.2, 0.25) is 0 Å². The Morgan fingerprint density at radius 1 is 1.62 bits per heavy atom. The predicted octanol–water partition coefficient (Wildman–Crippen LogP) is 3.33. The van der Waals surface area contributed by atoms with Gasteiger partial charge in [-0.3, -0.25) is 4.79 Å². The number of nitrogens with one attached hydrogen (secondary N) is 1. The van der Waals surface area contributed by atoms with Crippen LogP contribution in [0.4, 0.5) is 0 Å². The molecule has 1 unspecified atom stereocenters. The molecule has 1 aromatic heterocycles. The summed E-state index contributed by atoms with van der Waals surface area (Å²) in [6, 6.07) is 0. The summed E-state index contributed by atoms with van der Waals surface area (Å²) in [6.07, 6.45) is 2.53. The molecule has 0 aromatic carbocycles. The van der Waals surface area contributed by atoms with E-state index in [0.717, 1.165) is 8.83 Å². The number of carbonyl (C=O) groups is 1. The SMILES string of the molecule is CC(Cc1c[nH]c(=S)s1)C(=O)OC(C)(C)C. The number of carbonyl (C=O) groups excluding carboxylic acids is 1. The fourth-order valence-corrected chi connectivity index (χ4v) is 2.39. The topological polar surface area (TPSA) is 42.1 Å². The monoisotopic (exact) mass is 259 g/mol. The second-order valence-corrected chi connectivity index (χ2v) is 6.59. The summed E-state index contributed by atoms with van der Waals surface area (Å²) < 4.78 is 6.05. The molecule has 0 bridgehead atoms. The van der Waals surface area contributed by atoms with Gasteiger partial charge in [0.25, 0.3) is 0 Å². The molecule has 1 N–H and O–H groups in total. The van der Waals surface area contributed by atoms with Gasteiger partial charge in [0.05, 0.1) is 5.92 Å². The lowest BCUT2D eigenvalue weighted by Crippen LogP contribution is -2.28. The highest BCUT2D eigenvalue weighted by molar-refractivity contribution is 7.73. The minimum absolute atomic E-state index is 0.138. The number of hydrogen-bond donors (Lipinski definition) is 1. The van der Waals surface area contributed by atoms with Gasteiger partial charge in [-0.05, 0) is 39.4 Å². The summed E-state index contributed by atoms with van der Waals surface area (Å²) in [7, 11) is 0. The number of ether oxygens (including phenoxy) is 1. The third-order valence-corrected chi connectivity index (χ3v) is 3.11. The summed E-state index contributed by atoms with van der Waals surface area (Å²) in [5.41, 5.74) is -0.421. The van der Waals surface area contributed by atoms with E-state index in [1.165, 1.54) is 11.3 Å². The molecule has 0 fully saturated rings. The molecular weight excluding hydrogens is 242 g/mol. The van der Waals surface area contributed by atoms with E-state index in [0.29, 0.717) is 6.42 Å². The first-order chi connectivity index (χ1) is 7.28. The van der Waals surface area contributed by atoms with Crippen LogP contribution in [-0.4, -0.2) is 16.6 Å². The Morgan fingerprint density at radius 3 is 2.69 bits per heavy atom. The molecule has 1 atom stereocenters. The number of esters is 1. The molecule has 0 aliphatic carbocycles. The van der Waals surface area contributed by atoms with Crippen LogP contribution in [0.5, 0.6) is 0 Å². The van der Waals surface area contributed by atoms with E-state index in [1.54, 1.807) is 0 Å². The van der Waals surface area contributed by atoms with Crippen LogP contribution in [0.2, 0.25) is 0 Å². The lowest BCUT2D eigenvalue weighted by molar-refractivity contribution is -0.159. The van der Waals surface area contributed by atoms with Crippen LogP contribution in [0.3, 0.4) is 0 Å². The van der Waals surface area contributed by atoms with Crippen molar-refractivity contribution in [3.05, 3.63) is 15.0 Å². The minimum atomic E-state index is -0.421. The molecule has 1 aromatic rings. The third kappa shape index (κ3) is 4.45. The minimum Gasteiger partial charge on any atom is -0.460 e. The Labute approximate surface area is 105 Å². The Balaban J connectivity index is 2.55. The quantitative estimate of drug-likeness (QED) is 0.669. The van der Waals surface area contributed by atoms with Crippen molar-refractivity contribution in [1.82, 2.24) is 4.98 Å². The van der Waals surface area contributed by atoms with Crippen LogP contribution in [0.15, 0.2) is 6.20 Å². The van der Waals surface area contributed by atoms with Gasteiger partial charge in [0.15, 0.2) is 3.95 Å². The lowest BCUT2D eigenvalue weighted by Gasteiger charge is -2.21. The Kier molecular flexibility index (Phi) is 4.27. The summed E-state index contributed by atoms with van der Waals surface area (Å²) in [5, 5.41) is 0. The Hall–Kier alpha value is -0.680. The first-order valence-electron chi connectivity index (χ1n) is 5.18. The van der Waals surface area contributed by atoms with E-state index < -0.39 is 5.60 Å². The summed E-state index contributed by atoms with van der Waals surface area (Å²) in [4.78, 5) is 15.7. The molecule has 5 heteroatoms. The van der Waals surface area contributed by atoms with Gasteiger partial charge in [-0.1, -0.05) is 6.92 Å². The van der Waals surface area contributed by atoms with Crippen molar-refractivity contribution in [2.75, 3.05) is 0 Å². The van der Waals surface area contributed by atoms with E-state index in [4.69, 9.17) is 17.0 Å². The molecule has 0 aliphatic heterocycles. The number of rotatable bonds is 3. The molecule has 0 saturated heterocycles. The predicted molar refractivity (Wildman–Crippen MR) is 68.2 cm³/mol. The highest BCUT2D eigenvalue weighted by Gasteiger charge is 2.22. The molecule has 1 rings (SSSR count). The van der Waals surface area contributed by atoms with Crippen LogP contribution in [0.25, 0.3) is 0 Å². The average Bonchev–Trinajstić information content (AvgIpc) is 2.48. The van der Waals surface area contributed by atoms with Gasteiger partial charge >= 0.3 is 5.97 Å². The average molecular weight is 259 g/mol. The van der Waals surface area contributed by atoms with Gasteiger partial charge in [-0.15, -0.1) is 11.3 Å². The fraction of sp³-hybridized carbons (Fsp3) is 0.636. The molecule has 3 nitrogen and oxygen atoms in total. The van der Waals surface area contributed by atoms with Crippen molar-refractivity contribution in [3.63, 3.8) is 0 Å². The van der Waals surface area contributed by atoms with Crippen LogP contribution in [0, 0.1) is 9.87 Å². The van der Waals surface area contributed by atoms with Crippen LogP contribution >= 0.6 is 23.6 Å². The second kappa shape index (κ2) is 5.10. The van der Waals surface area contributed by atoms with E-state index in [1.807, 2.05) is 33.9 Å². The third-order valence-electron chi connectivity index (χ3n) is 1.89. The maximum atomic E-state index is 11.7. The normalized spacial score (nSPS) is 13.5. The van der Waals surface area contributed by atoms with E-state index in [9.17, 15) is 4.79 Å². The molecular formula is C11H17NO2S2. The van der Waals surface area contributed by atoms with Crippen LogP contribution in [0.1, 0.15) is 32.6 Å². The molecule has 0 saturated carbocycles. The van der Waals surface area contributed by atoms with E-state index >= 15 is 0 Å². The molecule has 0 amide bonds. The second-order valence-electron chi connectivity index (χ2n) is 4.78.